The van der Waals surface area contributed by atoms with E-state index in [0.29, 0.717) is 0 Å². The van der Waals surface area contributed by atoms with E-state index in [1.165, 1.54) is 0 Å². The molecular weight excluding hydrogens is 170 g/mol. The second-order valence-electron chi connectivity index (χ2n) is 1.54. The van der Waals surface area contributed by atoms with Crippen LogP contribution in [-0.2, 0) is 0 Å². The normalized spacial score (nSPS) is 10.3. The Hall–Kier alpha value is -0.450. The van der Waals surface area contributed by atoms with Crippen LogP contribution in [0.5, 0.6) is 0 Å². The molecule has 0 aromatic carbocycles. The molecule has 10 heavy (non-hydrogen) atoms. The van der Waals surface area contributed by atoms with Gasteiger partial charge in [0.25, 0.3) is 0 Å². The van der Waals surface area contributed by atoms with Crippen LogP contribution >= 0.6 is 12.4 Å². The van der Waals surface area contributed by atoms with Gasteiger partial charge in [0.2, 0.25) is 0 Å². The molecule has 0 aliphatic rings. The third-order valence-electron chi connectivity index (χ3n) is 0.636. The lowest BCUT2D eigenvalue weighted by Gasteiger charge is -2.08. The molecule has 0 aromatic rings. The summed E-state index contributed by atoms with van der Waals surface area (Å²) in [6.45, 7) is 0. The molecule has 62 valence electrons. The van der Waals surface area contributed by atoms with Gasteiger partial charge in [-0.3, -0.25) is 0 Å². The van der Waals surface area contributed by atoms with Crippen LogP contribution in [0.25, 0.3) is 0 Å². The first-order valence-electron chi connectivity index (χ1n) is 2.23. The minimum Gasteiger partial charge on any atom is -0.862 e. The van der Waals surface area contributed by atoms with E-state index in [2.05, 4.69) is 0 Å². The zero-order valence-electron chi connectivity index (χ0n) is 4.86. The molecule has 0 atom stereocenters. The van der Waals surface area contributed by atoms with Gasteiger partial charge in [-0.15, -0.1) is 12.4 Å². The molecule has 6 heteroatoms. The lowest BCUT2D eigenvalue weighted by molar-refractivity contribution is -0.224. The molecular formula is C4H6ClF3NO-. The minimum absolute atomic E-state index is 0. The summed E-state index contributed by atoms with van der Waals surface area (Å²) >= 11 is 0. The number of halogens is 4. The van der Waals surface area contributed by atoms with E-state index in [-0.39, 0.29) is 12.4 Å². The Labute approximate surface area is 62.0 Å². The fourth-order valence-corrected chi connectivity index (χ4v) is 0.255. The fourth-order valence-electron chi connectivity index (χ4n) is 0.255. The number of hydrogen-bond donors (Lipinski definition) is 1. The second kappa shape index (κ2) is 4.38. The standard InChI is InChI=1S/C4H6F3NO.ClH/c5-4(6,7)2-1-3(8)9;/h1-2H2,(H2,8,9);1H/p-1. The largest absolute Gasteiger partial charge is 0.862 e. The second-order valence-corrected chi connectivity index (χ2v) is 1.54. The molecule has 2 nitrogen and oxygen atoms in total. The van der Waals surface area contributed by atoms with Crippen molar-refractivity contribution in [1.29, 1.82) is 5.41 Å². The molecule has 1 N–H and O–H groups in total. The van der Waals surface area contributed by atoms with Gasteiger partial charge in [-0.2, -0.15) is 13.2 Å². The topological polar surface area (TPSA) is 46.9 Å². The summed E-state index contributed by atoms with van der Waals surface area (Å²) in [4.78, 5) is 0. The Kier molecular flexibility index (Phi) is 5.36. The summed E-state index contributed by atoms with van der Waals surface area (Å²) < 4.78 is 33.5. The van der Waals surface area contributed by atoms with Crippen molar-refractivity contribution in [2.75, 3.05) is 0 Å². The van der Waals surface area contributed by atoms with Gasteiger partial charge in [0.15, 0.2) is 0 Å². The third kappa shape index (κ3) is 10.5. The summed E-state index contributed by atoms with van der Waals surface area (Å²) in [5.74, 6) is -1.17. The highest BCUT2D eigenvalue weighted by molar-refractivity contribution is 5.85. The van der Waals surface area contributed by atoms with Crippen molar-refractivity contribution >= 4 is 18.3 Å². The maximum atomic E-state index is 11.2. The summed E-state index contributed by atoms with van der Waals surface area (Å²) in [5, 5.41) is 15.8. The Morgan fingerprint density at radius 3 is 1.90 bits per heavy atom. The summed E-state index contributed by atoms with van der Waals surface area (Å²) in [6.07, 6.45) is -6.23. The first kappa shape index (κ1) is 12.2. The van der Waals surface area contributed by atoms with Crippen LogP contribution in [0.15, 0.2) is 0 Å². The van der Waals surface area contributed by atoms with Gasteiger partial charge in [0, 0.05) is 6.42 Å². The Morgan fingerprint density at radius 2 is 1.80 bits per heavy atom. The SMILES string of the molecule is Cl.N=C([O-])CCC(F)(F)F. The smallest absolute Gasteiger partial charge is 0.389 e. The van der Waals surface area contributed by atoms with E-state index in [9.17, 15) is 18.3 Å². The molecule has 0 bridgehead atoms. The van der Waals surface area contributed by atoms with Crippen LogP contribution in [0.4, 0.5) is 13.2 Å². The monoisotopic (exact) mass is 176 g/mol. The van der Waals surface area contributed by atoms with Gasteiger partial charge in [-0.1, -0.05) is 0 Å². The van der Waals surface area contributed by atoms with Crippen LogP contribution in [-0.4, -0.2) is 12.1 Å². The number of rotatable bonds is 2. The van der Waals surface area contributed by atoms with E-state index in [4.69, 9.17) is 5.41 Å². The average molecular weight is 177 g/mol. The molecule has 0 fully saturated rings. The van der Waals surface area contributed by atoms with E-state index in [0.717, 1.165) is 0 Å². The van der Waals surface area contributed by atoms with Crippen molar-refractivity contribution in [1.82, 2.24) is 0 Å². The average Bonchev–Trinajstić information content (AvgIpc) is 1.59. The summed E-state index contributed by atoms with van der Waals surface area (Å²) in [5.41, 5.74) is 0. The molecule has 0 amide bonds. The highest BCUT2D eigenvalue weighted by Gasteiger charge is 2.25. The van der Waals surface area contributed by atoms with Crippen molar-refractivity contribution in [3.05, 3.63) is 0 Å². The Bertz CT molecular complexity index is 114. The third-order valence-corrected chi connectivity index (χ3v) is 0.636. The molecule has 0 aliphatic heterocycles. The fraction of sp³-hybridized carbons (Fsp3) is 0.750. The highest BCUT2D eigenvalue weighted by atomic mass is 35.5. The zero-order chi connectivity index (χ0) is 7.49. The lowest BCUT2D eigenvalue weighted by atomic mass is 10.3. The first-order chi connectivity index (χ1) is 3.92. The van der Waals surface area contributed by atoms with Crippen LogP contribution in [0, 0.1) is 5.41 Å². The minimum atomic E-state index is -4.31. The van der Waals surface area contributed by atoms with Crippen molar-refractivity contribution in [2.24, 2.45) is 0 Å². The highest BCUT2D eigenvalue weighted by Crippen LogP contribution is 2.20. The van der Waals surface area contributed by atoms with Gasteiger partial charge in [-0.05, 0) is 12.3 Å². The van der Waals surface area contributed by atoms with Crippen molar-refractivity contribution in [3.63, 3.8) is 0 Å². The Morgan fingerprint density at radius 1 is 1.40 bits per heavy atom. The van der Waals surface area contributed by atoms with Crippen molar-refractivity contribution in [2.45, 2.75) is 19.0 Å². The van der Waals surface area contributed by atoms with Gasteiger partial charge in [0.05, 0.1) is 0 Å². The molecule has 0 radical (unpaired) electrons. The molecule has 0 unspecified atom stereocenters. The predicted molar refractivity (Wildman–Crippen MR) is 30.3 cm³/mol. The van der Waals surface area contributed by atoms with Gasteiger partial charge in [-0.25, -0.2) is 0 Å². The van der Waals surface area contributed by atoms with E-state index < -0.39 is 24.9 Å². The molecule has 0 aliphatic carbocycles. The van der Waals surface area contributed by atoms with E-state index >= 15 is 0 Å². The predicted octanol–water partition coefficient (Wildman–Crippen LogP) is 1.09. The first-order valence-corrected chi connectivity index (χ1v) is 2.23. The summed E-state index contributed by atoms with van der Waals surface area (Å²) in [6, 6.07) is 0. The van der Waals surface area contributed by atoms with Crippen molar-refractivity contribution in [3.8, 4) is 0 Å². The maximum absolute atomic E-state index is 11.2. The van der Waals surface area contributed by atoms with Crippen LogP contribution in [0.1, 0.15) is 12.8 Å². The number of alkyl halides is 3. The quantitative estimate of drug-likeness (QED) is 0.497. The van der Waals surface area contributed by atoms with Gasteiger partial charge >= 0.3 is 6.18 Å². The van der Waals surface area contributed by atoms with Gasteiger partial charge in [0.1, 0.15) is 0 Å². The summed E-state index contributed by atoms with van der Waals surface area (Å²) in [7, 11) is 0. The molecule has 0 saturated carbocycles. The lowest BCUT2D eigenvalue weighted by Crippen LogP contribution is -2.19. The molecule has 0 rings (SSSR count). The molecule has 0 heterocycles. The van der Waals surface area contributed by atoms with E-state index in [1.807, 2.05) is 0 Å². The molecule has 0 aromatic heterocycles. The van der Waals surface area contributed by atoms with Gasteiger partial charge < -0.3 is 10.5 Å². The van der Waals surface area contributed by atoms with Crippen LogP contribution in [0.3, 0.4) is 0 Å². The van der Waals surface area contributed by atoms with E-state index in [1.54, 1.807) is 0 Å². The zero-order valence-corrected chi connectivity index (χ0v) is 5.68. The Balaban J connectivity index is 0. The van der Waals surface area contributed by atoms with Crippen LogP contribution < -0.4 is 5.11 Å². The van der Waals surface area contributed by atoms with Crippen LogP contribution in [0.2, 0.25) is 0 Å². The number of nitrogens with one attached hydrogen (secondary N) is 1. The maximum Gasteiger partial charge on any atom is 0.389 e. The molecule has 0 spiro atoms. The number of hydrogen-bond acceptors (Lipinski definition) is 2. The molecule has 0 saturated heterocycles. The van der Waals surface area contributed by atoms with Crippen molar-refractivity contribution < 1.29 is 18.3 Å².